The average molecular weight is 523 g/mol. The Morgan fingerprint density at radius 2 is 1.39 bits per heavy atom. The SMILES string of the molecule is COc1ccc(C(=O)Nc2ccc(SCC(=O)Nc3cccc4c3C(=O)c3ccccc3C4=O)cc2)cc1. The number of carbonyl (C=O) groups is 4. The summed E-state index contributed by atoms with van der Waals surface area (Å²) in [6.07, 6.45) is 0. The first-order chi connectivity index (χ1) is 18.4. The van der Waals surface area contributed by atoms with Crippen molar-refractivity contribution in [3.05, 3.63) is 119 Å². The van der Waals surface area contributed by atoms with Crippen LogP contribution in [0.25, 0.3) is 0 Å². The summed E-state index contributed by atoms with van der Waals surface area (Å²) in [5.41, 5.74) is 2.65. The fourth-order valence-electron chi connectivity index (χ4n) is 4.16. The molecule has 7 nitrogen and oxygen atoms in total. The Hall–Kier alpha value is -4.69. The maximum atomic E-state index is 13.1. The summed E-state index contributed by atoms with van der Waals surface area (Å²) in [7, 11) is 1.56. The van der Waals surface area contributed by atoms with Crippen LogP contribution >= 0.6 is 11.8 Å². The standard InChI is InChI=1S/C30H22N2O5S/c1-37-20-13-9-18(10-14-20)30(36)31-19-11-15-21(16-12-19)38-17-26(33)32-25-8-4-7-24-27(25)29(35)23-6-3-2-5-22(23)28(24)34/h2-16H,17H2,1H3,(H,31,36)(H,32,33). The van der Waals surface area contributed by atoms with Crippen LogP contribution in [0.3, 0.4) is 0 Å². The predicted octanol–water partition coefficient (Wildman–Crippen LogP) is 5.45. The van der Waals surface area contributed by atoms with Crippen molar-refractivity contribution in [1.82, 2.24) is 0 Å². The Kier molecular flexibility index (Phi) is 7.06. The first-order valence-corrected chi connectivity index (χ1v) is 12.7. The maximum absolute atomic E-state index is 13.1. The maximum Gasteiger partial charge on any atom is 0.255 e. The van der Waals surface area contributed by atoms with E-state index in [0.29, 0.717) is 33.8 Å². The number of hydrogen-bond donors (Lipinski definition) is 2. The lowest BCUT2D eigenvalue weighted by atomic mass is 9.83. The smallest absolute Gasteiger partial charge is 0.255 e. The van der Waals surface area contributed by atoms with Gasteiger partial charge in [0.05, 0.1) is 24.1 Å². The lowest BCUT2D eigenvalue weighted by molar-refractivity contribution is -0.113. The van der Waals surface area contributed by atoms with Gasteiger partial charge < -0.3 is 15.4 Å². The van der Waals surface area contributed by atoms with E-state index >= 15 is 0 Å². The van der Waals surface area contributed by atoms with Crippen LogP contribution in [-0.4, -0.2) is 36.2 Å². The minimum atomic E-state index is -0.306. The Labute approximate surface area is 223 Å². The van der Waals surface area contributed by atoms with E-state index in [4.69, 9.17) is 4.74 Å². The van der Waals surface area contributed by atoms with Gasteiger partial charge in [-0.15, -0.1) is 11.8 Å². The van der Waals surface area contributed by atoms with E-state index in [1.54, 1.807) is 86.0 Å². The van der Waals surface area contributed by atoms with Crippen molar-refractivity contribution in [2.24, 2.45) is 0 Å². The second kappa shape index (κ2) is 10.7. The molecule has 0 radical (unpaired) electrons. The third-order valence-corrected chi connectivity index (χ3v) is 7.07. The van der Waals surface area contributed by atoms with Crippen LogP contribution in [0.15, 0.2) is 95.9 Å². The number of ketones is 2. The molecule has 0 spiro atoms. The molecule has 2 N–H and O–H groups in total. The third kappa shape index (κ3) is 5.07. The van der Waals surface area contributed by atoms with Crippen LogP contribution in [0.1, 0.15) is 42.2 Å². The van der Waals surface area contributed by atoms with Gasteiger partial charge in [0.25, 0.3) is 5.91 Å². The Bertz CT molecular complexity index is 1560. The van der Waals surface area contributed by atoms with Gasteiger partial charge in [0, 0.05) is 32.8 Å². The van der Waals surface area contributed by atoms with Crippen LogP contribution < -0.4 is 15.4 Å². The minimum absolute atomic E-state index is 0.0972. The molecule has 0 atom stereocenters. The summed E-state index contributed by atoms with van der Waals surface area (Å²) >= 11 is 1.31. The molecule has 0 fully saturated rings. The van der Waals surface area contributed by atoms with Gasteiger partial charge >= 0.3 is 0 Å². The van der Waals surface area contributed by atoms with E-state index in [0.717, 1.165) is 4.90 Å². The van der Waals surface area contributed by atoms with Gasteiger partial charge in [-0.25, -0.2) is 0 Å². The van der Waals surface area contributed by atoms with Crippen molar-refractivity contribution in [3.8, 4) is 5.75 Å². The van der Waals surface area contributed by atoms with Gasteiger partial charge in [0.2, 0.25) is 5.91 Å². The summed E-state index contributed by atoms with van der Waals surface area (Å²) < 4.78 is 5.11. The molecule has 1 aliphatic carbocycles. The molecular formula is C30H22N2O5S. The fraction of sp³-hybridized carbons (Fsp3) is 0.0667. The van der Waals surface area contributed by atoms with Crippen LogP contribution in [0.4, 0.5) is 11.4 Å². The van der Waals surface area contributed by atoms with E-state index in [2.05, 4.69) is 10.6 Å². The molecule has 0 aromatic heterocycles. The van der Waals surface area contributed by atoms with Crippen LogP contribution in [-0.2, 0) is 4.79 Å². The van der Waals surface area contributed by atoms with Gasteiger partial charge in [-0.2, -0.15) is 0 Å². The van der Waals surface area contributed by atoms with Gasteiger partial charge in [-0.1, -0.05) is 36.4 Å². The zero-order valence-corrected chi connectivity index (χ0v) is 21.1. The van der Waals surface area contributed by atoms with E-state index in [1.165, 1.54) is 11.8 Å². The van der Waals surface area contributed by atoms with Gasteiger partial charge in [-0.05, 0) is 54.6 Å². The van der Waals surface area contributed by atoms with Crippen molar-refractivity contribution >= 4 is 46.5 Å². The summed E-state index contributed by atoms with van der Waals surface area (Å²) in [6.45, 7) is 0. The first-order valence-electron chi connectivity index (χ1n) is 11.7. The number of anilines is 2. The Balaban J connectivity index is 1.20. The summed E-state index contributed by atoms with van der Waals surface area (Å²) in [5.74, 6) is -0.302. The van der Waals surface area contributed by atoms with Crippen LogP contribution in [0.2, 0.25) is 0 Å². The van der Waals surface area contributed by atoms with Crippen molar-refractivity contribution in [2.75, 3.05) is 23.5 Å². The number of methoxy groups -OCH3 is 1. The molecule has 4 aromatic carbocycles. The number of hydrogen-bond acceptors (Lipinski definition) is 6. The zero-order chi connectivity index (χ0) is 26.6. The molecular weight excluding hydrogens is 500 g/mol. The molecule has 0 saturated heterocycles. The lowest BCUT2D eigenvalue weighted by Gasteiger charge is -2.20. The molecule has 2 amide bonds. The number of rotatable bonds is 7. The van der Waals surface area contributed by atoms with E-state index in [1.807, 2.05) is 12.1 Å². The van der Waals surface area contributed by atoms with Crippen molar-refractivity contribution < 1.29 is 23.9 Å². The normalized spacial score (nSPS) is 11.8. The number of ether oxygens (including phenoxy) is 1. The highest BCUT2D eigenvalue weighted by atomic mass is 32.2. The highest BCUT2D eigenvalue weighted by Gasteiger charge is 2.31. The fourth-order valence-corrected chi connectivity index (χ4v) is 4.86. The predicted molar refractivity (Wildman–Crippen MR) is 146 cm³/mol. The number of fused-ring (bicyclic) bond motifs is 2. The van der Waals surface area contributed by atoms with Gasteiger partial charge in [0.15, 0.2) is 11.6 Å². The molecule has 0 bridgehead atoms. The molecule has 188 valence electrons. The molecule has 0 unspecified atom stereocenters. The highest BCUT2D eigenvalue weighted by molar-refractivity contribution is 8.00. The van der Waals surface area contributed by atoms with E-state index < -0.39 is 0 Å². The molecule has 0 heterocycles. The summed E-state index contributed by atoms with van der Waals surface area (Å²) in [4.78, 5) is 52.0. The number of benzene rings is 4. The van der Waals surface area contributed by atoms with E-state index in [-0.39, 0.29) is 40.3 Å². The van der Waals surface area contributed by atoms with Crippen molar-refractivity contribution in [1.29, 1.82) is 0 Å². The topological polar surface area (TPSA) is 102 Å². The molecule has 0 saturated carbocycles. The van der Waals surface area contributed by atoms with Gasteiger partial charge in [-0.3, -0.25) is 19.2 Å². The van der Waals surface area contributed by atoms with Crippen molar-refractivity contribution in [3.63, 3.8) is 0 Å². The molecule has 8 heteroatoms. The first kappa shape index (κ1) is 25.0. The molecule has 4 aromatic rings. The quantitative estimate of drug-likeness (QED) is 0.276. The molecule has 1 aliphatic rings. The molecule has 38 heavy (non-hydrogen) atoms. The molecule has 5 rings (SSSR count). The lowest BCUT2D eigenvalue weighted by Crippen LogP contribution is -2.24. The van der Waals surface area contributed by atoms with Gasteiger partial charge in [0.1, 0.15) is 5.75 Å². The Morgan fingerprint density at radius 3 is 2.08 bits per heavy atom. The van der Waals surface area contributed by atoms with Crippen LogP contribution in [0, 0.1) is 0 Å². The number of amides is 2. The largest absolute Gasteiger partial charge is 0.497 e. The average Bonchev–Trinajstić information content (AvgIpc) is 2.95. The Morgan fingerprint density at radius 1 is 0.737 bits per heavy atom. The number of thioether (sulfide) groups is 1. The van der Waals surface area contributed by atoms with E-state index in [9.17, 15) is 19.2 Å². The second-order valence-corrected chi connectivity index (χ2v) is 9.52. The number of nitrogens with one attached hydrogen (secondary N) is 2. The monoisotopic (exact) mass is 522 g/mol. The highest BCUT2D eigenvalue weighted by Crippen LogP contribution is 2.32. The minimum Gasteiger partial charge on any atom is -0.497 e. The molecule has 0 aliphatic heterocycles. The third-order valence-electron chi connectivity index (χ3n) is 6.06. The summed E-state index contributed by atoms with van der Waals surface area (Å²) in [6, 6.07) is 25.5. The second-order valence-electron chi connectivity index (χ2n) is 8.48. The number of carbonyl (C=O) groups excluding carboxylic acids is 4. The zero-order valence-electron chi connectivity index (χ0n) is 20.3. The van der Waals surface area contributed by atoms with Crippen molar-refractivity contribution in [2.45, 2.75) is 4.90 Å². The van der Waals surface area contributed by atoms with Crippen LogP contribution in [0.5, 0.6) is 5.75 Å². The summed E-state index contributed by atoms with van der Waals surface area (Å²) in [5, 5.41) is 5.62.